The highest BCUT2D eigenvalue weighted by Gasteiger charge is 2.55. The standard InChI is InChI=1S/C80H82BN3/c1-44(2)47-19-26-54(27-20-47)82(55-28-21-48(22-29-55)45(3)4)67-36-34-65-75-70(67)58-30-23-49(46(5)6)37-69(58)83(75)68-35-33-61-74-71(68)81(65)66-43-53(79(16,17)18)39-60-59-38-52(78(13,14)15)42-64(72(59)84(74)73(60)66)80(61)62-40-50(76(7,8)9)24-31-56(62)57-32-25-51(41-63(57)80)77(10,11)12/h19-46H,1-18H3. The summed E-state index contributed by atoms with van der Waals surface area (Å²) >= 11 is 0. The fourth-order valence-electron chi connectivity index (χ4n) is 15.6. The van der Waals surface area contributed by atoms with Crippen molar-refractivity contribution in [3.05, 3.63) is 213 Å². The Hall–Kier alpha value is -7.56. The van der Waals surface area contributed by atoms with Crippen LogP contribution in [0.2, 0.25) is 0 Å². The molecule has 3 nitrogen and oxygen atoms in total. The first-order valence-electron chi connectivity index (χ1n) is 31.4. The van der Waals surface area contributed by atoms with Crippen LogP contribution in [-0.4, -0.2) is 15.8 Å². The number of hydrogen-bond acceptors (Lipinski definition) is 1. The van der Waals surface area contributed by atoms with Crippen molar-refractivity contribution in [2.45, 2.75) is 169 Å². The van der Waals surface area contributed by atoms with Crippen molar-refractivity contribution < 1.29 is 0 Å². The monoisotopic (exact) mass is 1100 g/mol. The number of hydrogen-bond donors (Lipinski definition) is 0. The lowest BCUT2D eigenvalue weighted by molar-refractivity contribution is 0.583. The van der Waals surface area contributed by atoms with Gasteiger partial charge >= 0.3 is 0 Å². The fourth-order valence-corrected chi connectivity index (χ4v) is 15.6. The first-order valence-corrected chi connectivity index (χ1v) is 31.4. The molecule has 1 aliphatic carbocycles. The summed E-state index contributed by atoms with van der Waals surface area (Å²) in [5, 5.41) is 5.32. The Morgan fingerprint density at radius 3 is 1.42 bits per heavy atom. The van der Waals surface area contributed by atoms with Crippen LogP contribution in [0.5, 0.6) is 0 Å². The van der Waals surface area contributed by atoms with E-state index in [2.05, 4.69) is 290 Å². The molecule has 84 heavy (non-hydrogen) atoms. The number of benzene rings is 9. The van der Waals surface area contributed by atoms with Crippen LogP contribution in [0.25, 0.3) is 66.1 Å². The molecule has 0 atom stereocenters. The number of nitrogens with zero attached hydrogens (tertiary/aromatic N) is 3. The molecule has 0 bridgehead atoms. The Balaban J connectivity index is 1.15. The van der Waals surface area contributed by atoms with Gasteiger partial charge in [0.25, 0.3) is 6.71 Å². The molecule has 4 heteroatoms. The fraction of sp³-hybridized carbons (Fsp3) is 0.325. The smallest absolute Gasteiger partial charge is 0.252 e. The molecule has 0 radical (unpaired) electrons. The van der Waals surface area contributed by atoms with Crippen LogP contribution in [0.3, 0.4) is 0 Å². The molecule has 0 saturated heterocycles. The Morgan fingerprint density at radius 1 is 0.393 bits per heavy atom. The molecule has 9 aromatic carbocycles. The van der Waals surface area contributed by atoms with Gasteiger partial charge in [-0.3, -0.25) is 0 Å². The summed E-state index contributed by atoms with van der Waals surface area (Å²) < 4.78 is 5.55. The molecule has 3 aliphatic heterocycles. The van der Waals surface area contributed by atoms with Crippen molar-refractivity contribution in [1.82, 2.24) is 9.13 Å². The van der Waals surface area contributed by atoms with Crippen LogP contribution in [-0.2, 0) is 27.1 Å². The first-order chi connectivity index (χ1) is 39.7. The number of fused-ring (bicyclic) bond motifs is 14. The molecule has 0 unspecified atom stereocenters. The Morgan fingerprint density at radius 2 is 0.893 bits per heavy atom. The van der Waals surface area contributed by atoms with Gasteiger partial charge in [0.1, 0.15) is 0 Å². The highest BCUT2D eigenvalue weighted by atomic mass is 15.1. The zero-order chi connectivity index (χ0) is 59.0. The zero-order valence-electron chi connectivity index (χ0n) is 53.1. The Kier molecular flexibility index (Phi) is 11.0. The van der Waals surface area contributed by atoms with Crippen molar-refractivity contribution in [2.75, 3.05) is 4.90 Å². The molecule has 2 aromatic heterocycles. The Labute approximate surface area is 499 Å². The second-order valence-electron chi connectivity index (χ2n) is 30.8. The second kappa shape index (κ2) is 17.3. The first kappa shape index (κ1) is 53.2. The average Bonchev–Trinajstić information content (AvgIpc) is 1.41. The Bertz CT molecular complexity index is 4540. The van der Waals surface area contributed by atoms with Gasteiger partial charge in [0.15, 0.2) is 0 Å². The van der Waals surface area contributed by atoms with E-state index >= 15 is 0 Å². The lowest BCUT2D eigenvalue weighted by Gasteiger charge is -2.45. The normalized spacial score (nSPS) is 14.7. The SMILES string of the molecule is CC(C)c1ccc(N(c2ccc(C(C)C)cc2)c2ccc3c4c2c2ccc(C(C)C)cc2n4-c2ccc4c5c2B3c2cc(C(C)(C)C)cc3c6cc(C(C)(C)C)cc(c6n-5c23)C42c3cc(C(C)(C)C)ccc3-c3ccc(C(C)(C)C)cc32)cc1. The largest absolute Gasteiger partial charge is 0.310 e. The topological polar surface area (TPSA) is 13.1 Å². The van der Waals surface area contributed by atoms with Crippen LogP contribution in [0.4, 0.5) is 17.1 Å². The third-order valence-corrected chi connectivity index (χ3v) is 20.5. The lowest BCUT2D eigenvalue weighted by atomic mass is 9.33. The van der Waals surface area contributed by atoms with Crippen LogP contribution in [0.15, 0.2) is 152 Å². The summed E-state index contributed by atoms with van der Waals surface area (Å²) in [6.45, 7) is 42.7. The van der Waals surface area contributed by atoms with Gasteiger partial charge in [0.05, 0.1) is 27.7 Å². The molecule has 11 aromatic rings. The van der Waals surface area contributed by atoms with Gasteiger partial charge in [-0.1, -0.05) is 222 Å². The van der Waals surface area contributed by atoms with Gasteiger partial charge < -0.3 is 14.0 Å². The van der Waals surface area contributed by atoms with Gasteiger partial charge in [0, 0.05) is 49.8 Å². The highest BCUT2D eigenvalue weighted by molar-refractivity contribution is 7.00. The van der Waals surface area contributed by atoms with Gasteiger partial charge in [-0.05, 0) is 183 Å². The summed E-state index contributed by atoms with van der Waals surface area (Å²) in [4.78, 5) is 2.55. The van der Waals surface area contributed by atoms with E-state index in [9.17, 15) is 0 Å². The van der Waals surface area contributed by atoms with Gasteiger partial charge in [-0.2, -0.15) is 0 Å². The number of anilines is 3. The maximum Gasteiger partial charge on any atom is 0.252 e. The number of aromatic nitrogens is 2. The minimum atomic E-state index is -0.629. The van der Waals surface area contributed by atoms with E-state index in [1.807, 2.05) is 0 Å². The molecule has 1 spiro atoms. The summed E-state index contributed by atoms with van der Waals surface area (Å²) in [6.07, 6.45) is 0. The second-order valence-corrected chi connectivity index (χ2v) is 30.8. The molecule has 0 amide bonds. The van der Waals surface area contributed by atoms with E-state index in [0.717, 1.165) is 11.4 Å². The molecular weight excluding hydrogens is 1010 g/mol. The molecule has 0 N–H and O–H groups in total. The van der Waals surface area contributed by atoms with Crippen molar-refractivity contribution in [3.63, 3.8) is 0 Å². The van der Waals surface area contributed by atoms with Crippen molar-refractivity contribution in [1.29, 1.82) is 0 Å². The quantitative estimate of drug-likeness (QED) is 0.151. The molecule has 5 heterocycles. The zero-order valence-corrected chi connectivity index (χ0v) is 53.1. The van der Waals surface area contributed by atoms with Crippen LogP contribution in [0, 0.1) is 0 Å². The molecular formula is C80H82BN3. The van der Waals surface area contributed by atoms with E-state index in [0.29, 0.717) is 17.8 Å². The lowest BCUT2D eigenvalue weighted by Crippen LogP contribution is -2.60. The van der Waals surface area contributed by atoms with Gasteiger partial charge in [-0.15, -0.1) is 0 Å². The van der Waals surface area contributed by atoms with Crippen molar-refractivity contribution in [2.24, 2.45) is 0 Å². The minimum absolute atomic E-state index is 0.0542. The predicted molar refractivity (Wildman–Crippen MR) is 362 cm³/mol. The number of rotatable bonds is 6. The predicted octanol–water partition coefficient (Wildman–Crippen LogP) is 19.7. The summed E-state index contributed by atoms with van der Waals surface area (Å²) in [7, 11) is 0. The van der Waals surface area contributed by atoms with Crippen LogP contribution < -0.4 is 21.3 Å². The van der Waals surface area contributed by atoms with E-state index < -0.39 is 5.41 Å². The van der Waals surface area contributed by atoms with E-state index in [-0.39, 0.29) is 28.4 Å². The molecule has 0 fully saturated rings. The van der Waals surface area contributed by atoms with Crippen molar-refractivity contribution in [3.8, 4) is 22.5 Å². The maximum absolute atomic E-state index is 2.81. The van der Waals surface area contributed by atoms with E-state index in [4.69, 9.17) is 0 Å². The molecule has 15 rings (SSSR count). The maximum atomic E-state index is 2.81. The van der Waals surface area contributed by atoms with E-state index in [1.54, 1.807) is 0 Å². The summed E-state index contributed by atoms with van der Waals surface area (Å²) in [5.74, 6) is 1.21. The summed E-state index contributed by atoms with van der Waals surface area (Å²) in [5.41, 5.74) is 32.6. The van der Waals surface area contributed by atoms with Crippen LogP contribution >= 0.6 is 0 Å². The van der Waals surface area contributed by atoms with Crippen LogP contribution in [0.1, 0.15) is 204 Å². The molecule has 0 saturated carbocycles. The van der Waals surface area contributed by atoms with E-state index in [1.165, 1.54) is 149 Å². The highest BCUT2D eigenvalue weighted by Crippen LogP contribution is 2.63. The van der Waals surface area contributed by atoms with Gasteiger partial charge in [-0.25, -0.2) is 0 Å². The third kappa shape index (κ3) is 7.12. The molecule has 4 aliphatic rings. The van der Waals surface area contributed by atoms with Gasteiger partial charge in [0.2, 0.25) is 0 Å². The van der Waals surface area contributed by atoms with Crippen molar-refractivity contribution >= 4 is 83.8 Å². The third-order valence-electron chi connectivity index (χ3n) is 20.5. The minimum Gasteiger partial charge on any atom is -0.310 e. The average molecular weight is 1100 g/mol. The summed E-state index contributed by atoms with van der Waals surface area (Å²) in [6, 6.07) is 62.1. The molecule has 420 valence electrons.